The zero-order valence-electron chi connectivity index (χ0n) is 14.0. The monoisotopic (exact) mass is 348 g/mol. The number of hydrogen-bond acceptors (Lipinski definition) is 6. The van der Waals surface area contributed by atoms with Gasteiger partial charge < -0.3 is 10.1 Å². The number of para-hydroxylation sites is 1. The van der Waals surface area contributed by atoms with Crippen LogP contribution < -0.4 is 15.6 Å². The number of rotatable bonds is 5. The van der Waals surface area contributed by atoms with Gasteiger partial charge in [-0.3, -0.25) is 9.78 Å². The van der Waals surface area contributed by atoms with Crippen LogP contribution in [0.4, 0.5) is 5.95 Å². The molecule has 4 aromatic rings. The second kappa shape index (κ2) is 6.67. The van der Waals surface area contributed by atoms with Gasteiger partial charge in [-0.25, -0.2) is 9.67 Å². The first kappa shape index (κ1) is 15.8. The Labute approximate surface area is 148 Å². The van der Waals surface area contributed by atoms with E-state index >= 15 is 0 Å². The van der Waals surface area contributed by atoms with E-state index in [1.807, 2.05) is 42.5 Å². The fourth-order valence-corrected chi connectivity index (χ4v) is 2.62. The average Bonchev–Trinajstić information content (AvgIpc) is 3.12. The summed E-state index contributed by atoms with van der Waals surface area (Å²) in [5, 5.41) is 7.85. The first-order valence-electron chi connectivity index (χ1n) is 8.01. The molecule has 0 spiro atoms. The summed E-state index contributed by atoms with van der Waals surface area (Å²) < 4.78 is 6.76. The minimum Gasteiger partial charge on any atom is -0.481 e. The number of methoxy groups -OCH3 is 1. The molecule has 4 rings (SSSR count). The molecule has 130 valence electrons. The van der Waals surface area contributed by atoms with E-state index in [2.05, 4.69) is 25.4 Å². The second-order valence-electron chi connectivity index (χ2n) is 5.60. The Hall–Kier alpha value is -3.68. The van der Waals surface area contributed by atoms with Gasteiger partial charge >= 0.3 is 0 Å². The topological polar surface area (TPSA) is 97.7 Å². The van der Waals surface area contributed by atoms with E-state index in [0.717, 1.165) is 11.3 Å². The lowest BCUT2D eigenvalue weighted by Crippen LogP contribution is -2.13. The summed E-state index contributed by atoms with van der Waals surface area (Å²) >= 11 is 0. The number of aromatic amines is 1. The second-order valence-corrected chi connectivity index (χ2v) is 5.60. The lowest BCUT2D eigenvalue weighted by atomic mass is 10.2. The lowest BCUT2D eigenvalue weighted by Gasteiger charge is -2.07. The average molecular weight is 348 g/mol. The molecule has 0 aliphatic heterocycles. The van der Waals surface area contributed by atoms with Gasteiger partial charge in [-0.15, -0.1) is 0 Å². The van der Waals surface area contributed by atoms with E-state index in [1.54, 1.807) is 18.0 Å². The molecule has 0 radical (unpaired) electrons. The van der Waals surface area contributed by atoms with Crippen LogP contribution in [0, 0.1) is 0 Å². The van der Waals surface area contributed by atoms with Crippen molar-refractivity contribution in [1.82, 2.24) is 24.7 Å². The summed E-state index contributed by atoms with van der Waals surface area (Å²) in [6, 6.07) is 13.2. The Morgan fingerprint density at radius 1 is 1.23 bits per heavy atom. The SMILES string of the molecule is COc1cc(CNc2nc3c(cnn3-c3ccccc3)c(=O)[nH]2)ccn1. The van der Waals surface area contributed by atoms with Crippen LogP contribution in [0.1, 0.15) is 5.56 Å². The van der Waals surface area contributed by atoms with Crippen molar-refractivity contribution in [2.24, 2.45) is 0 Å². The van der Waals surface area contributed by atoms with Crippen molar-refractivity contribution in [3.05, 3.63) is 70.8 Å². The third kappa shape index (κ3) is 3.00. The molecule has 3 heterocycles. The van der Waals surface area contributed by atoms with Crippen LogP contribution in [-0.4, -0.2) is 31.8 Å². The van der Waals surface area contributed by atoms with Crippen molar-refractivity contribution >= 4 is 17.0 Å². The van der Waals surface area contributed by atoms with Crippen molar-refractivity contribution in [1.29, 1.82) is 0 Å². The molecule has 8 nitrogen and oxygen atoms in total. The lowest BCUT2D eigenvalue weighted by molar-refractivity contribution is 0.397. The van der Waals surface area contributed by atoms with Gasteiger partial charge in [0.05, 0.1) is 19.0 Å². The molecule has 1 aromatic carbocycles. The van der Waals surface area contributed by atoms with E-state index in [4.69, 9.17) is 4.74 Å². The van der Waals surface area contributed by atoms with Crippen LogP contribution >= 0.6 is 0 Å². The highest BCUT2D eigenvalue weighted by atomic mass is 16.5. The van der Waals surface area contributed by atoms with Gasteiger partial charge in [0, 0.05) is 18.8 Å². The third-order valence-electron chi connectivity index (χ3n) is 3.91. The van der Waals surface area contributed by atoms with E-state index in [9.17, 15) is 4.79 Å². The highest BCUT2D eigenvalue weighted by Gasteiger charge is 2.11. The molecule has 0 atom stereocenters. The van der Waals surface area contributed by atoms with Crippen molar-refractivity contribution in [2.75, 3.05) is 12.4 Å². The number of pyridine rings is 1. The number of aromatic nitrogens is 5. The molecule has 0 fully saturated rings. The summed E-state index contributed by atoms with van der Waals surface area (Å²) in [6.07, 6.45) is 3.19. The van der Waals surface area contributed by atoms with Crippen LogP contribution in [-0.2, 0) is 6.54 Å². The number of nitrogens with one attached hydrogen (secondary N) is 2. The van der Waals surface area contributed by atoms with Gasteiger partial charge in [-0.2, -0.15) is 10.1 Å². The summed E-state index contributed by atoms with van der Waals surface area (Å²) in [6.45, 7) is 0.465. The fourth-order valence-electron chi connectivity index (χ4n) is 2.62. The zero-order valence-corrected chi connectivity index (χ0v) is 14.0. The van der Waals surface area contributed by atoms with Gasteiger partial charge in [-0.1, -0.05) is 18.2 Å². The Morgan fingerprint density at radius 3 is 2.88 bits per heavy atom. The summed E-state index contributed by atoms with van der Waals surface area (Å²) in [7, 11) is 1.57. The van der Waals surface area contributed by atoms with E-state index in [-0.39, 0.29) is 5.56 Å². The molecular weight excluding hydrogens is 332 g/mol. The predicted molar refractivity (Wildman–Crippen MR) is 97.6 cm³/mol. The molecular formula is C18H16N6O2. The van der Waals surface area contributed by atoms with Crippen LogP contribution in [0.25, 0.3) is 16.7 Å². The molecule has 0 aliphatic rings. The highest BCUT2D eigenvalue weighted by Crippen LogP contribution is 2.15. The molecule has 0 amide bonds. The molecule has 0 bridgehead atoms. The molecule has 0 unspecified atom stereocenters. The smallest absolute Gasteiger partial charge is 0.263 e. The first-order valence-corrected chi connectivity index (χ1v) is 8.01. The van der Waals surface area contributed by atoms with Gasteiger partial charge in [0.1, 0.15) is 5.39 Å². The maximum Gasteiger partial charge on any atom is 0.263 e. The van der Waals surface area contributed by atoms with E-state index in [0.29, 0.717) is 29.4 Å². The van der Waals surface area contributed by atoms with Crippen molar-refractivity contribution in [3.8, 4) is 11.6 Å². The standard InChI is InChI=1S/C18H16N6O2/c1-26-15-9-12(7-8-19-15)10-20-18-22-16-14(17(25)23-18)11-21-24(16)13-5-3-2-4-6-13/h2-9,11H,10H2,1H3,(H2,20,22,23,25). The summed E-state index contributed by atoms with van der Waals surface area (Å²) in [5.74, 6) is 0.902. The number of ether oxygens (including phenoxy) is 1. The Balaban J connectivity index is 1.67. The number of fused-ring (bicyclic) bond motifs is 1. The number of anilines is 1. The van der Waals surface area contributed by atoms with E-state index in [1.165, 1.54) is 6.20 Å². The summed E-state index contributed by atoms with van der Waals surface area (Å²) in [4.78, 5) is 23.7. The molecule has 2 N–H and O–H groups in total. The molecule has 8 heteroatoms. The highest BCUT2D eigenvalue weighted by molar-refractivity contribution is 5.76. The maximum atomic E-state index is 12.3. The first-order chi connectivity index (χ1) is 12.7. The number of H-pyrrole nitrogens is 1. The van der Waals surface area contributed by atoms with Crippen LogP contribution in [0.2, 0.25) is 0 Å². The molecule has 0 saturated heterocycles. The fraction of sp³-hybridized carbons (Fsp3) is 0.111. The normalized spacial score (nSPS) is 10.8. The van der Waals surface area contributed by atoms with Gasteiger partial charge in [0.15, 0.2) is 5.65 Å². The molecule has 26 heavy (non-hydrogen) atoms. The quantitative estimate of drug-likeness (QED) is 0.573. The largest absolute Gasteiger partial charge is 0.481 e. The van der Waals surface area contributed by atoms with E-state index < -0.39 is 0 Å². The summed E-state index contributed by atoms with van der Waals surface area (Å²) in [5.41, 5.74) is 2.04. The molecule has 3 aromatic heterocycles. The number of nitrogens with zero attached hydrogens (tertiary/aromatic N) is 4. The van der Waals surface area contributed by atoms with Crippen molar-refractivity contribution < 1.29 is 4.74 Å². The number of hydrogen-bond donors (Lipinski definition) is 2. The molecule has 0 aliphatic carbocycles. The molecule has 0 saturated carbocycles. The van der Waals surface area contributed by atoms with Gasteiger partial charge in [0.2, 0.25) is 11.8 Å². The zero-order chi connectivity index (χ0) is 17.9. The maximum absolute atomic E-state index is 12.3. The predicted octanol–water partition coefficient (Wildman–Crippen LogP) is 2.12. The van der Waals surface area contributed by atoms with Crippen molar-refractivity contribution in [2.45, 2.75) is 6.54 Å². The van der Waals surface area contributed by atoms with Crippen molar-refractivity contribution in [3.63, 3.8) is 0 Å². The Bertz CT molecular complexity index is 1100. The minimum absolute atomic E-state index is 0.244. The van der Waals surface area contributed by atoms with Gasteiger partial charge in [0.25, 0.3) is 5.56 Å². The van der Waals surface area contributed by atoms with Gasteiger partial charge in [-0.05, 0) is 23.8 Å². The van der Waals surface area contributed by atoms with Crippen LogP contribution in [0.3, 0.4) is 0 Å². The van der Waals surface area contributed by atoms with Crippen LogP contribution in [0.15, 0.2) is 59.7 Å². The Kier molecular flexibility index (Phi) is 4.06. The Morgan fingerprint density at radius 2 is 2.08 bits per heavy atom. The van der Waals surface area contributed by atoms with Crippen LogP contribution in [0.5, 0.6) is 5.88 Å². The third-order valence-corrected chi connectivity index (χ3v) is 3.91. The number of benzene rings is 1. The minimum atomic E-state index is -0.244.